The van der Waals surface area contributed by atoms with E-state index < -0.39 is 0 Å². The molecule has 0 spiro atoms. The minimum Gasteiger partial charge on any atom is -0.381 e. The number of hydrogen-bond donors (Lipinski definition) is 0. The second kappa shape index (κ2) is 6.99. The Balaban J connectivity index is 1.70. The zero-order valence-corrected chi connectivity index (χ0v) is 13.6. The van der Waals surface area contributed by atoms with Gasteiger partial charge in [-0.3, -0.25) is 0 Å². The first-order chi connectivity index (χ1) is 10.6. The van der Waals surface area contributed by atoms with Crippen LogP contribution in [-0.2, 0) is 17.6 Å². The second-order valence-electron chi connectivity index (χ2n) is 5.81. The summed E-state index contributed by atoms with van der Waals surface area (Å²) in [6.45, 7) is 1.39. The van der Waals surface area contributed by atoms with Gasteiger partial charge in [-0.05, 0) is 54.0 Å². The topological polar surface area (TPSA) is 9.23 Å². The summed E-state index contributed by atoms with van der Waals surface area (Å²) in [5, 5.41) is 1.14. The van der Waals surface area contributed by atoms with Crippen molar-refractivity contribution in [1.29, 1.82) is 0 Å². The Morgan fingerprint density at radius 1 is 0.955 bits per heavy atom. The first-order valence-corrected chi connectivity index (χ1v) is 8.14. The molecular formula is C18H17Cl2FO. The maximum Gasteiger partial charge on any atom is 0.126 e. The molecule has 1 nitrogen and oxygen atoms in total. The Bertz CT molecular complexity index is 659. The predicted molar refractivity (Wildman–Crippen MR) is 88.1 cm³/mol. The third-order valence-corrected chi connectivity index (χ3v) is 4.99. The van der Waals surface area contributed by atoms with Crippen molar-refractivity contribution < 1.29 is 9.13 Å². The summed E-state index contributed by atoms with van der Waals surface area (Å²) in [5.74, 6) is 0.561. The van der Waals surface area contributed by atoms with Crippen LogP contribution in [0.4, 0.5) is 4.39 Å². The maximum absolute atomic E-state index is 13.8. The van der Waals surface area contributed by atoms with Gasteiger partial charge in [0.15, 0.2) is 0 Å². The highest BCUT2D eigenvalue weighted by molar-refractivity contribution is 6.42. The lowest BCUT2D eigenvalue weighted by Gasteiger charge is -2.18. The highest BCUT2D eigenvalue weighted by Crippen LogP contribution is 2.30. The molecule has 0 N–H and O–H groups in total. The molecule has 4 heteroatoms. The van der Waals surface area contributed by atoms with Crippen molar-refractivity contribution in [3.05, 3.63) is 69.5 Å². The molecule has 22 heavy (non-hydrogen) atoms. The number of hydrogen-bond acceptors (Lipinski definition) is 1. The number of benzene rings is 2. The van der Waals surface area contributed by atoms with E-state index in [9.17, 15) is 4.39 Å². The molecule has 0 amide bonds. The van der Waals surface area contributed by atoms with E-state index in [-0.39, 0.29) is 5.82 Å². The fourth-order valence-electron chi connectivity index (χ4n) is 3.01. The molecule has 1 aliphatic heterocycles. The van der Waals surface area contributed by atoms with Gasteiger partial charge in [0.2, 0.25) is 0 Å². The minimum atomic E-state index is -0.136. The zero-order valence-electron chi connectivity index (χ0n) is 12.1. The van der Waals surface area contributed by atoms with Crippen LogP contribution >= 0.6 is 23.2 Å². The Morgan fingerprint density at radius 2 is 1.68 bits per heavy atom. The molecule has 2 aromatic rings. The van der Waals surface area contributed by atoms with Gasteiger partial charge < -0.3 is 4.74 Å². The molecule has 3 rings (SSSR count). The molecule has 116 valence electrons. The summed E-state index contributed by atoms with van der Waals surface area (Å²) in [4.78, 5) is 0. The van der Waals surface area contributed by atoms with Crippen molar-refractivity contribution >= 4 is 23.2 Å². The Hall–Kier alpha value is -1.09. The van der Waals surface area contributed by atoms with E-state index in [0.29, 0.717) is 41.5 Å². The molecule has 2 atom stereocenters. The molecule has 1 aliphatic rings. The average Bonchev–Trinajstić information content (AvgIpc) is 2.92. The number of halogens is 3. The Labute approximate surface area is 140 Å². The second-order valence-corrected chi connectivity index (χ2v) is 6.62. The molecule has 0 aliphatic carbocycles. The third-order valence-electron chi connectivity index (χ3n) is 4.25. The van der Waals surface area contributed by atoms with Crippen LogP contribution in [0.25, 0.3) is 0 Å². The Kier molecular flexibility index (Phi) is 5.02. The van der Waals surface area contributed by atoms with E-state index in [2.05, 4.69) is 0 Å². The largest absolute Gasteiger partial charge is 0.381 e. The SMILES string of the molecule is Fc1ccccc1C[C@H]1COC[C@@H]1Cc1ccc(Cl)c(Cl)c1. The van der Waals surface area contributed by atoms with Crippen molar-refractivity contribution in [2.75, 3.05) is 13.2 Å². The Morgan fingerprint density at radius 3 is 2.41 bits per heavy atom. The molecule has 0 radical (unpaired) electrons. The molecule has 1 fully saturated rings. The van der Waals surface area contributed by atoms with Crippen LogP contribution in [0.2, 0.25) is 10.0 Å². The van der Waals surface area contributed by atoms with Gasteiger partial charge in [0.1, 0.15) is 5.82 Å². The van der Waals surface area contributed by atoms with E-state index in [0.717, 1.165) is 17.5 Å². The fraction of sp³-hybridized carbons (Fsp3) is 0.333. The fourth-order valence-corrected chi connectivity index (χ4v) is 3.33. The van der Waals surface area contributed by atoms with E-state index in [1.807, 2.05) is 30.3 Å². The van der Waals surface area contributed by atoms with Crippen molar-refractivity contribution in [3.8, 4) is 0 Å². The molecule has 0 bridgehead atoms. The van der Waals surface area contributed by atoms with Crippen LogP contribution in [0, 0.1) is 17.7 Å². The minimum absolute atomic E-state index is 0.136. The predicted octanol–water partition coefficient (Wildman–Crippen LogP) is 5.18. The van der Waals surface area contributed by atoms with Crippen LogP contribution < -0.4 is 0 Å². The quantitative estimate of drug-likeness (QED) is 0.746. The van der Waals surface area contributed by atoms with Crippen molar-refractivity contribution in [3.63, 3.8) is 0 Å². The highest BCUT2D eigenvalue weighted by Gasteiger charge is 2.29. The van der Waals surface area contributed by atoms with Gasteiger partial charge in [-0.15, -0.1) is 0 Å². The number of ether oxygens (including phenoxy) is 1. The molecule has 1 heterocycles. The standard InChI is InChI=1S/C18H17Cl2FO/c19-16-6-5-12(8-17(16)20)7-14-10-22-11-15(14)9-13-3-1-2-4-18(13)21/h1-6,8,14-15H,7,9-11H2/t14-,15-/m0/s1. The first kappa shape index (κ1) is 15.8. The smallest absolute Gasteiger partial charge is 0.126 e. The summed E-state index contributed by atoms with van der Waals surface area (Å²) < 4.78 is 19.4. The summed E-state index contributed by atoms with van der Waals surface area (Å²) in [7, 11) is 0. The molecule has 1 saturated heterocycles. The van der Waals surface area contributed by atoms with Gasteiger partial charge >= 0.3 is 0 Å². The molecule has 0 saturated carbocycles. The lowest BCUT2D eigenvalue weighted by Crippen LogP contribution is -2.18. The maximum atomic E-state index is 13.8. The van der Waals surface area contributed by atoms with Crippen LogP contribution in [0.1, 0.15) is 11.1 Å². The highest BCUT2D eigenvalue weighted by atomic mass is 35.5. The van der Waals surface area contributed by atoms with Crippen LogP contribution in [0.15, 0.2) is 42.5 Å². The first-order valence-electron chi connectivity index (χ1n) is 7.38. The van der Waals surface area contributed by atoms with Gasteiger partial charge in [-0.1, -0.05) is 47.5 Å². The normalized spacial score (nSPS) is 21.2. The van der Waals surface area contributed by atoms with E-state index >= 15 is 0 Å². The van der Waals surface area contributed by atoms with Gasteiger partial charge in [-0.2, -0.15) is 0 Å². The molecular weight excluding hydrogens is 322 g/mol. The summed E-state index contributed by atoms with van der Waals surface area (Å²) in [6.07, 6.45) is 1.58. The van der Waals surface area contributed by atoms with Crippen molar-refractivity contribution in [2.24, 2.45) is 11.8 Å². The van der Waals surface area contributed by atoms with E-state index in [1.165, 1.54) is 6.07 Å². The summed E-state index contributed by atoms with van der Waals surface area (Å²) in [5.41, 5.74) is 1.90. The van der Waals surface area contributed by atoms with Crippen LogP contribution in [0.5, 0.6) is 0 Å². The summed E-state index contributed by atoms with van der Waals surface area (Å²) in [6, 6.07) is 12.7. The van der Waals surface area contributed by atoms with Gasteiger partial charge in [0, 0.05) is 0 Å². The average molecular weight is 339 g/mol. The molecule has 0 aromatic heterocycles. The van der Waals surface area contributed by atoms with E-state index in [4.69, 9.17) is 27.9 Å². The van der Waals surface area contributed by atoms with Crippen molar-refractivity contribution in [2.45, 2.75) is 12.8 Å². The van der Waals surface area contributed by atoms with Crippen LogP contribution in [0.3, 0.4) is 0 Å². The zero-order chi connectivity index (χ0) is 15.5. The van der Waals surface area contributed by atoms with Gasteiger partial charge in [-0.25, -0.2) is 4.39 Å². The van der Waals surface area contributed by atoms with Crippen LogP contribution in [-0.4, -0.2) is 13.2 Å². The monoisotopic (exact) mass is 338 g/mol. The van der Waals surface area contributed by atoms with Gasteiger partial charge in [0.05, 0.1) is 23.3 Å². The molecule has 2 aromatic carbocycles. The lowest BCUT2D eigenvalue weighted by atomic mass is 9.85. The molecule has 0 unspecified atom stereocenters. The summed E-state index contributed by atoms with van der Waals surface area (Å²) >= 11 is 12.0. The van der Waals surface area contributed by atoms with E-state index in [1.54, 1.807) is 6.07 Å². The van der Waals surface area contributed by atoms with Gasteiger partial charge in [0.25, 0.3) is 0 Å². The lowest BCUT2D eigenvalue weighted by molar-refractivity contribution is 0.180. The number of rotatable bonds is 4. The third kappa shape index (κ3) is 3.62. The van der Waals surface area contributed by atoms with Crippen molar-refractivity contribution in [1.82, 2.24) is 0 Å².